The van der Waals surface area contributed by atoms with Crippen LogP contribution < -0.4 is 5.32 Å². The van der Waals surface area contributed by atoms with Gasteiger partial charge in [-0.15, -0.1) is 0 Å². The molecule has 0 aromatic carbocycles. The molecule has 1 saturated carbocycles. The number of amides is 2. The van der Waals surface area contributed by atoms with Crippen LogP contribution >= 0.6 is 0 Å². The van der Waals surface area contributed by atoms with Crippen molar-refractivity contribution in [3.63, 3.8) is 0 Å². The van der Waals surface area contributed by atoms with E-state index in [1.807, 2.05) is 40.8 Å². The smallest absolute Gasteiger partial charge is 0.247 e. The van der Waals surface area contributed by atoms with Gasteiger partial charge in [-0.05, 0) is 50.7 Å². The number of fused-ring (bicyclic) bond motifs is 1. The van der Waals surface area contributed by atoms with Gasteiger partial charge in [-0.25, -0.2) is 4.98 Å². The number of hydrogen-bond donors (Lipinski definition) is 1. The molecule has 1 aliphatic carbocycles. The van der Waals surface area contributed by atoms with Crippen LogP contribution in [-0.4, -0.2) is 38.7 Å². The summed E-state index contributed by atoms with van der Waals surface area (Å²) < 4.78 is 1.90. The molecule has 3 atom stereocenters. The Morgan fingerprint density at radius 1 is 1.24 bits per heavy atom. The Kier molecular flexibility index (Phi) is 3.98. The van der Waals surface area contributed by atoms with Crippen LogP contribution in [0.1, 0.15) is 38.3 Å². The van der Waals surface area contributed by atoms with Crippen molar-refractivity contribution >= 4 is 23.1 Å². The van der Waals surface area contributed by atoms with E-state index in [1.54, 1.807) is 0 Å². The molecule has 3 unspecified atom stereocenters. The number of piperidine rings is 1. The molecule has 0 spiro atoms. The van der Waals surface area contributed by atoms with E-state index in [4.69, 9.17) is 0 Å². The van der Waals surface area contributed by atoms with Crippen LogP contribution in [0.3, 0.4) is 0 Å². The maximum atomic E-state index is 12.8. The number of nitrogens with zero attached hydrogens (tertiary/aromatic N) is 3. The molecule has 6 nitrogen and oxygen atoms in total. The second-order valence-corrected chi connectivity index (χ2v) is 7.42. The summed E-state index contributed by atoms with van der Waals surface area (Å²) >= 11 is 0. The predicted molar refractivity (Wildman–Crippen MR) is 95.2 cm³/mol. The number of pyridine rings is 1. The molecule has 2 aromatic heterocycles. The van der Waals surface area contributed by atoms with Crippen molar-refractivity contribution in [2.75, 3.05) is 11.9 Å². The number of aromatic nitrogens is 2. The first-order valence-corrected chi connectivity index (χ1v) is 9.09. The van der Waals surface area contributed by atoms with Crippen molar-refractivity contribution in [3.8, 4) is 0 Å². The normalized spacial score (nSPS) is 25.8. The number of rotatable bonds is 3. The van der Waals surface area contributed by atoms with Gasteiger partial charge in [0.1, 0.15) is 11.7 Å². The summed E-state index contributed by atoms with van der Waals surface area (Å²) in [4.78, 5) is 31.7. The van der Waals surface area contributed by atoms with Gasteiger partial charge < -0.3 is 14.6 Å². The van der Waals surface area contributed by atoms with Crippen LogP contribution in [0, 0.1) is 18.8 Å². The Morgan fingerprint density at radius 3 is 2.80 bits per heavy atom. The van der Waals surface area contributed by atoms with Crippen molar-refractivity contribution in [2.24, 2.45) is 11.8 Å². The van der Waals surface area contributed by atoms with E-state index < -0.39 is 0 Å². The molecule has 3 heterocycles. The number of likely N-dealkylation sites (tertiary alicyclic amines) is 1. The van der Waals surface area contributed by atoms with Gasteiger partial charge >= 0.3 is 0 Å². The maximum absolute atomic E-state index is 12.8. The van der Waals surface area contributed by atoms with E-state index in [9.17, 15) is 9.59 Å². The predicted octanol–water partition coefficient (Wildman–Crippen LogP) is 2.62. The largest absolute Gasteiger partial charge is 0.330 e. The highest BCUT2D eigenvalue weighted by molar-refractivity contribution is 5.97. The number of nitrogens with one attached hydrogen (secondary N) is 1. The first kappa shape index (κ1) is 16.1. The second-order valence-electron chi connectivity index (χ2n) is 7.42. The molecule has 0 bridgehead atoms. The van der Waals surface area contributed by atoms with Gasteiger partial charge in [0.15, 0.2) is 0 Å². The van der Waals surface area contributed by atoms with Crippen LogP contribution in [-0.2, 0) is 9.59 Å². The minimum atomic E-state index is -0.353. The second kappa shape index (κ2) is 6.17. The zero-order chi connectivity index (χ0) is 17.6. The molecule has 1 saturated heterocycles. The Morgan fingerprint density at radius 2 is 2.04 bits per heavy atom. The quantitative estimate of drug-likeness (QED) is 0.934. The molecule has 4 rings (SSSR count). The lowest BCUT2D eigenvalue weighted by atomic mass is 10.0. The van der Waals surface area contributed by atoms with E-state index in [0.717, 1.165) is 42.7 Å². The van der Waals surface area contributed by atoms with Crippen LogP contribution in [0.5, 0.6) is 0 Å². The fraction of sp³-hybridized carbons (Fsp3) is 0.526. The Hall–Kier alpha value is -2.37. The molecule has 2 fully saturated rings. The average Bonchev–Trinajstić information content (AvgIpc) is 3.21. The summed E-state index contributed by atoms with van der Waals surface area (Å²) in [7, 11) is 0. The van der Waals surface area contributed by atoms with Gasteiger partial charge in [0, 0.05) is 24.9 Å². The van der Waals surface area contributed by atoms with E-state index >= 15 is 0 Å². The Balaban J connectivity index is 1.50. The highest BCUT2D eigenvalue weighted by Gasteiger charge is 2.44. The molecule has 0 radical (unpaired) electrons. The van der Waals surface area contributed by atoms with Gasteiger partial charge in [0.25, 0.3) is 0 Å². The fourth-order valence-electron chi connectivity index (χ4n) is 3.77. The molecular weight excluding hydrogens is 316 g/mol. The average molecular weight is 340 g/mol. The first-order chi connectivity index (χ1) is 12.0. The summed E-state index contributed by atoms with van der Waals surface area (Å²) in [6.45, 7) is 4.74. The molecule has 2 aliphatic rings. The van der Waals surface area contributed by atoms with E-state index in [0.29, 0.717) is 12.5 Å². The summed E-state index contributed by atoms with van der Waals surface area (Å²) in [6, 6.07) is 3.39. The molecule has 25 heavy (non-hydrogen) atoms. The molecule has 2 amide bonds. The minimum Gasteiger partial charge on any atom is -0.330 e. The van der Waals surface area contributed by atoms with Gasteiger partial charge in [-0.1, -0.05) is 6.92 Å². The number of carbonyl (C=O) groups excluding carboxylic acids is 2. The molecule has 132 valence electrons. The highest BCUT2D eigenvalue weighted by atomic mass is 16.2. The number of hydrogen-bond acceptors (Lipinski definition) is 3. The minimum absolute atomic E-state index is 0.0856. The van der Waals surface area contributed by atoms with Crippen molar-refractivity contribution < 1.29 is 9.59 Å². The SMILES string of the molecule is Cc1cn2cc(NC(=O)C3CCCCN3C(=O)C3CC3C)ccc2n1. The zero-order valence-electron chi connectivity index (χ0n) is 14.7. The molecule has 2 aromatic rings. The summed E-state index contributed by atoms with van der Waals surface area (Å²) in [5.74, 6) is 0.661. The zero-order valence-corrected chi connectivity index (χ0v) is 14.7. The van der Waals surface area contributed by atoms with Crippen molar-refractivity contribution in [1.29, 1.82) is 0 Å². The number of aryl methyl sites for hydroxylation is 1. The third kappa shape index (κ3) is 3.13. The topological polar surface area (TPSA) is 66.7 Å². The summed E-state index contributed by atoms with van der Waals surface area (Å²) in [5, 5.41) is 2.99. The monoisotopic (exact) mass is 340 g/mol. The van der Waals surface area contributed by atoms with Crippen molar-refractivity contribution in [2.45, 2.75) is 45.6 Å². The lowest BCUT2D eigenvalue weighted by Gasteiger charge is -2.35. The molecule has 1 aliphatic heterocycles. The Bertz CT molecular complexity index is 828. The molecule has 1 N–H and O–H groups in total. The van der Waals surface area contributed by atoms with Crippen LogP contribution in [0.25, 0.3) is 5.65 Å². The first-order valence-electron chi connectivity index (χ1n) is 9.09. The highest BCUT2D eigenvalue weighted by Crippen LogP contribution is 2.40. The number of anilines is 1. The van der Waals surface area contributed by atoms with Gasteiger partial charge in [-0.2, -0.15) is 0 Å². The van der Waals surface area contributed by atoms with Crippen molar-refractivity contribution in [1.82, 2.24) is 14.3 Å². The number of imidazole rings is 1. The molecule has 6 heteroatoms. The summed E-state index contributed by atoms with van der Waals surface area (Å²) in [6.07, 6.45) is 7.46. The lowest BCUT2D eigenvalue weighted by molar-refractivity contribution is -0.141. The van der Waals surface area contributed by atoms with Crippen LogP contribution in [0.2, 0.25) is 0 Å². The number of carbonyl (C=O) groups is 2. The van der Waals surface area contributed by atoms with Gasteiger partial charge in [0.05, 0.1) is 11.4 Å². The standard InChI is InChI=1S/C19H24N4O2/c1-12-9-15(12)19(25)23-8-4-3-5-16(23)18(24)21-14-6-7-17-20-13(2)10-22(17)11-14/h6-7,10-12,15-16H,3-5,8-9H2,1-2H3,(H,21,24). The Labute approximate surface area is 147 Å². The third-order valence-electron chi connectivity index (χ3n) is 5.35. The maximum Gasteiger partial charge on any atom is 0.247 e. The summed E-state index contributed by atoms with van der Waals surface area (Å²) in [5.41, 5.74) is 2.52. The van der Waals surface area contributed by atoms with Crippen LogP contribution in [0.4, 0.5) is 5.69 Å². The van der Waals surface area contributed by atoms with Gasteiger partial charge in [0.2, 0.25) is 11.8 Å². The fourth-order valence-corrected chi connectivity index (χ4v) is 3.77. The van der Waals surface area contributed by atoms with Crippen LogP contribution in [0.15, 0.2) is 24.5 Å². The van der Waals surface area contributed by atoms with Gasteiger partial charge in [-0.3, -0.25) is 9.59 Å². The lowest BCUT2D eigenvalue weighted by Crippen LogP contribution is -2.50. The van der Waals surface area contributed by atoms with E-state index in [-0.39, 0.29) is 23.8 Å². The van der Waals surface area contributed by atoms with Crippen molar-refractivity contribution in [3.05, 3.63) is 30.2 Å². The van der Waals surface area contributed by atoms with E-state index in [1.165, 1.54) is 0 Å². The van der Waals surface area contributed by atoms with E-state index in [2.05, 4.69) is 17.2 Å². The molecular formula is C19H24N4O2. The third-order valence-corrected chi connectivity index (χ3v) is 5.35.